The molecule has 1 N–H and O–H groups in total. The molecule has 1 aromatic heterocycles. The molecular formula is C27H23ClN2O4. The second kappa shape index (κ2) is 10.3. The Kier molecular flexibility index (Phi) is 6.99. The highest BCUT2D eigenvalue weighted by Crippen LogP contribution is 2.38. The van der Waals surface area contributed by atoms with Crippen molar-refractivity contribution in [1.29, 1.82) is 0 Å². The molecule has 0 amide bonds. The summed E-state index contributed by atoms with van der Waals surface area (Å²) in [7, 11) is 4.65. The largest absolute Gasteiger partial charge is 0.493 e. The zero-order chi connectivity index (χ0) is 24.1. The lowest BCUT2D eigenvalue weighted by Gasteiger charge is -2.12. The van der Waals surface area contributed by atoms with Gasteiger partial charge in [0, 0.05) is 33.5 Å². The van der Waals surface area contributed by atoms with Gasteiger partial charge in [-0.1, -0.05) is 29.8 Å². The fraction of sp³-hybridized carbons (Fsp3) is 0.111. The molecule has 4 aromatic rings. The topological polar surface area (TPSA) is 69.7 Å². The number of fused-ring (bicyclic) bond motifs is 1. The monoisotopic (exact) mass is 474 g/mol. The lowest BCUT2D eigenvalue weighted by atomic mass is 10.1. The summed E-state index contributed by atoms with van der Waals surface area (Å²) in [6, 6.07) is 18.3. The van der Waals surface area contributed by atoms with Gasteiger partial charge < -0.3 is 19.5 Å². The Labute approximate surface area is 202 Å². The Hall–Kier alpha value is -4.03. The second-order valence-corrected chi connectivity index (χ2v) is 7.82. The van der Waals surface area contributed by atoms with Crippen molar-refractivity contribution < 1.29 is 19.0 Å². The molecule has 3 aromatic carbocycles. The van der Waals surface area contributed by atoms with Crippen LogP contribution < -0.4 is 19.5 Å². The van der Waals surface area contributed by atoms with Crippen LogP contribution in [-0.4, -0.2) is 32.1 Å². The molecule has 172 valence electrons. The summed E-state index contributed by atoms with van der Waals surface area (Å²) in [5.74, 6) is 1.40. The molecule has 0 fully saturated rings. The van der Waals surface area contributed by atoms with Crippen molar-refractivity contribution in [3.63, 3.8) is 0 Å². The summed E-state index contributed by atoms with van der Waals surface area (Å²) in [5, 5.41) is 4.94. The first kappa shape index (κ1) is 23.1. The number of pyridine rings is 1. The van der Waals surface area contributed by atoms with E-state index in [1.165, 1.54) is 6.08 Å². The molecule has 6 nitrogen and oxygen atoms in total. The summed E-state index contributed by atoms with van der Waals surface area (Å²) in [4.78, 5) is 17.2. The first-order valence-electron chi connectivity index (χ1n) is 10.5. The smallest absolute Gasteiger partial charge is 0.203 e. The summed E-state index contributed by atoms with van der Waals surface area (Å²) < 4.78 is 16.1. The molecule has 0 aliphatic rings. The average Bonchev–Trinajstić information content (AvgIpc) is 2.86. The molecule has 0 bridgehead atoms. The van der Waals surface area contributed by atoms with Gasteiger partial charge in [0.2, 0.25) is 5.75 Å². The molecule has 0 atom stereocenters. The van der Waals surface area contributed by atoms with Crippen LogP contribution in [-0.2, 0) is 0 Å². The predicted molar refractivity (Wildman–Crippen MR) is 136 cm³/mol. The number of ketones is 1. The van der Waals surface area contributed by atoms with Crippen molar-refractivity contribution in [2.45, 2.75) is 0 Å². The highest BCUT2D eigenvalue weighted by Gasteiger charge is 2.12. The number of aromatic nitrogens is 1. The fourth-order valence-corrected chi connectivity index (χ4v) is 3.77. The zero-order valence-corrected chi connectivity index (χ0v) is 19.7. The number of hydrogen-bond donors (Lipinski definition) is 1. The molecule has 0 radical (unpaired) electrons. The van der Waals surface area contributed by atoms with Gasteiger partial charge in [0.05, 0.1) is 26.8 Å². The van der Waals surface area contributed by atoms with Gasteiger partial charge in [0.1, 0.15) is 0 Å². The summed E-state index contributed by atoms with van der Waals surface area (Å²) >= 11 is 6.09. The van der Waals surface area contributed by atoms with Gasteiger partial charge >= 0.3 is 0 Å². The molecule has 0 saturated heterocycles. The Balaban J connectivity index is 1.57. The van der Waals surface area contributed by atoms with E-state index in [-0.39, 0.29) is 5.78 Å². The number of anilines is 2. The second-order valence-electron chi connectivity index (χ2n) is 7.38. The van der Waals surface area contributed by atoms with E-state index < -0.39 is 0 Å². The van der Waals surface area contributed by atoms with Crippen molar-refractivity contribution in [2.75, 3.05) is 26.6 Å². The van der Waals surface area contributed by atoms with E-state index in [0.29, 0.717) is 27.8 Å². The van der Waals surface area contributed by atoms with Crippen LogP contribution >= 0.6 is 11.6 Å². The van der Waals surface area contributed by atoms with E-state index in [2.05, 4.69) is 10.3 Å². The number of allylic oxidation sites excluding steroid dienone is 1. The highest BCUT2D eigenvalue weighted by molar-refractivity contribution is 6.31. The molecular weight excluding hydrogens is 452 g/mol. The van der Waals surface area contributed by atoms with E-state index in [1.807, 2.05) is 42.5 Å². The first-order chi connectivity index (χ1) is 16.5. The molecule has 4 rings (SSSR count). The van der Waals surface area contributed by atoms with Crippen molar-refractivity contribution in [1.82, 2.24) is 4.98 Å². The number of benzene rings is 3. The minimum Gasteiger partial charge on any atom is -0.493 e. The maximum atomic E-state index is 12.9. The summed E-state index contributed by atoms with van der Waals surface area (Å²) in [5.41, 5.74) is 3.75. The van der Waals surface area contributed by atoms with Crippen LogP contribution in [0.2, 0.25) is 5.02 Å². The van der Waals surface area contributed by atoms with Crippen LogP contribution in [0.5, 0.6) is 17.2 Å². The number of ether oxygens (including phenoxy) is 3. The molecule has 0 unspecified atom stereocenters. The standard InChI is InChI=1S/C27H23ClN2O4/c1-32-25-13-17(14-26(33-2)27(25)34-3)7-10-24(31)18-5-4-6-20(15-18)30-22-11-12-29-23-16-19(28)8-9-21(22)23/h4-16H,1-3H3,(H,29,30)/b10-7+. The Morgan fingerprint density at radius 3 is 2.41 bits per heavy atom. The number of nitrogens with one attached hydrogen (secondary N) is 1. The fourth-order valence-electron chi connectivity index (χ4n) is 3.60. The minimum atomic E-state index is -0.135. The lowest BCUT2D eigenvalue weighted by Crippen LogP contribution is -1.98. The van der Waals surface area contributed by atoms with Crippen molar-refractivity contribution in [2.24, 2.45) is 0 Å². The van der Waals surface area contributed by atoms with Gasteiger partial charge in [-0.25, -0.2) is 0 Å². The zero-order valence-electron chi connectivity index (χ0n) is 19.0. The third kappa shape index (κ3) is 4.97. The maximum Gasteiger partial charge on any atom is 0.203 e. The molecule has 0 aliphatic heterocycles. The van der Waals surface area contributed by atoms with Gasteiger partial charge in [-0.2, -0.15) is 0 Å². The van der Waals surface area contributed by atoms with Gasteiger partial charge in [0.25, 0.3) is 0 Å². The number of nitrogens with zero attached hydrogens (tertiary/aromatic N) is 1. The van der Waals surface area contributed by atoms with Gasteiger partial charge in [0.15, 0.2) is 17.3 Å². The Bertz CT molecular complexity index is 1360. The molecule has 0 spiro atoms. The third-order valence-corrected chi connectivity index (χ3v) is 5.48. The number of carbonyl (C=O) groups excluding carboxylic acids is 1. The number of rotatable bonds is 8. The SMILES string of the molecule is COc1cc(/C=C/C(=O)c2cccc(Nc3ccnc4cc(Cl)ccc34)c2)cc(OC)c1OC. The lowest BCUT2D eigenvalue weighted by molar-refractivity contribution is 0.104. The van der Waals surface area contributed by atoms with Crippen LogP contribution in [0.3, 0.4) is 0 Å². The van der Waals surface area contributed by atoms with Crippen LogP contribution in [0.15, 0.2) is 72.9 Å². The van der Waals surface area contributed by atoms with Gasteiger partial charge in [-0.3, -0.25) is 9.78 Å². The normalized spacial score (nSPS) is 10.9. The molecule has 0 saturated carbocycles. The first-order valence-corrected chi connectivity index (χ1v) is 10.8. The number of hydrogen-bond acceptors (Lipinski definition) is 6. The molecule has 0 aliphatic carbocycles. The number of methoxy groups -OCH3 is 3. The number of carbonyl (C=O) groups is 1. The molecule has 34 heavy (non-hydrogen) atoms. The minimum absolute atomic E-state index is 0.135. The van der Waals surface area contributed by atoms with E-state index in [1.54, 1.807) is 51.8 Å². The van der Waals surface area contributed by atoms with E-state index in [0.717, 1.165) is 27.8 Å². The average molecular weight is 475 g/mol. The van der Waals surface area contributed by atoms with Crippen LogP contribution in [0.4, 0.5) is 11.4 Å². The van der Waals surface area contributed by atoms with Crippen molar-refractivity contribution in [3.8, 4) is 17.2 Å². The highest BCUT2D eigenvalue weighted by atomic mass is 35.5. The van der Waals surface area contributed by atoms with Crippen LogP contribution in [0.1, 0.15) is 15.9 Å². The van der Waals surface area contributed by atoms with Crippen LogP contribution in [0.25, 0.3) is 17.0 Å². The van der Waals surface area contributed by atoms with Crippen LogP contribution in [0, 0.1) is 0 Å². The van der Waals surface area contributed by atoms with Crippen molar-refractivity contribution in [3.05, 3.63) is 89.1 Å². The molecule has 7 heteroatoms. The van der Waals surface area contributed by atoms with E-state index in [4.69, 9.17) is 25.8 Å². The maximum absolute atomic E-state index is 12.9. The van der Waals surface area contributed by atoms with Crippen molar-refractivity contribution >= 4 is 45.7 Å². The molecule has 1 heterocycles. The Morgan fingerprint density at radius 1 is 0.941 bits per heavy atom. The summed E-state index contributed by atoms with van der Waals surface area (Å²) in [6.07, 6.45) is 4.95. The van der Waals surface area contributed by atoms with Gasteiger partial charge in [-0.05, 0) is 60.2 Å². The summed E-state index contributed by atoms with van der Waals surface area (Å²) in [6.45, 7) is 0. The van der Waals surface area contributed by atoms with Gasteiger partial charge in [-0.15, -0.1) is 0 Å². The van der Waals surface area contributed by atoms with E-state index in [9.17, 15) is 4.79 Å². The predicted octanol–water partition coefficient (Wildman–Crippen LogP) is 6.55. The third-order valence-electron chi connectivity index (χ3n) is 5.25. The Morgan fingerprint density at radius 2 is 1.71 bits per heavy atom. The van der Waals surface area contributed by atoms with E-state index >= 15 is 0 Å². The number of halogens is 1. The quantitative estimate of drug-likeness (QED) is 0.230.